The highest BCUT2D eigenvalue weighted by molar-refractivity contribution is 5.82. The van der Waals surface area contributed by atoms with Crippen molar-refractivity contribution in [3.8, 4) is 5.69 Å². The quantitative estimate of drug-likeness (QED) is 0.593. The normalized spacial score (nSPS) is 11.2. The summed E-state index contributed by atoms with van der Waals surface area (Å²) in [6.45, 7) is 6.31. The summed E-state index contributed by atoms with van der Waals surface area (Å²) in [4.78, 5) is 4.63. The molecule has 3 rings (SSSR count). The van der Waals surface area contributed by atoms with E-state index in [1.165, 1.54) is 22.5 Å². The number of aromatic nitrogens is 1. The van der Waals surface area contributed by atoms with Crippen molar-refractivity contribution in [2.45, 2.75) is 20.8 Å². The summed E-state index contributed by atoms with van der Waals surface area (Å²) in [5.41, 5.74) is 6.98. The van der Waals surface area contributed by atoms with Crippen LogP contribution < -0.4 is 0 Å². The molecular formula is C20H20N2. The van der Waals surface area contributed by atoms with E-state index in [4.69, 9.17) is 0 Å². The van der Waals surface area contributed by atoms with Crippen molar-refractivity contribution in [2.75, 3.05) is 0 Å². The Morgan fingerprint density at radius 3 is 2.41 bits per heavy atom. The number of aryl methyl sites for hydroxylation is 3. The molecule has 2 nitrogen and oxygen atoms in total. The Balaban J connectivity index is 1.89. The molecule has 0 atom stereocenters. The second kappa shape index (κ2) is 6.02. The topological polar surface area (TPSA) is 17.3 Å². The maximum Gasteiger partial charge on any atom is 0.0659 e. The maximum absolute atomic E-state index is 4.63. The van der Waals surface area contributed by atoms with Crippen molar-refractivity contribution in [1.29, 1.82) is 0 Å². The largest absolute Gasteiger partial charge is 0.321 e. The van der Waals surface area contributed by atoms with Crippen LogP contribution in [-0.2, 0) is 0 Å². The van der Waals surface area contributed by atoms with Gasteiger partial charge >= 0.3 is 0 Å². The molecule has 0 radical (unpaired) electrons. The summed E-state index contributed by atoms with van der Waals surface area (Å²) in [6, 6.07) is 18.8. The molecule has 0 N–H and O–H groups in total. The van der Waals surface area contributed by atoms with Crippen molar-refractivity contribution in [2.24, 2.45) is 4.99 Å². The van der Waals surface area contributed by atoms with Crippen LogP contribution in [-0.4, -0.2) is 10.8 Å². The van der Waals surface area contributed by atoms with Crippen LogP contribution in [0.2, 0.25) is 0 Å². The third-order valence-electron chi connectivity index (χ3n) is 3.77. The van der Waals surface area contributed by atoms with Gasteiger partial charge in [-0.15, -0.1) is 0 Å². The molecule has 0 aliphatic heterocycles. The lowest BCUT2D eigenvalue weighted by atomic mass is 10.1. The molecule has 3 aromatic rings. The number of rotatable bonds is 3. The Morgan fingerprint density at radius 1 is 0.909 bits per heavy atom. The van der Waals surface area contributed by atoms with Gasteiger partial charge in [-0.3, -0.25) is 4.99 Å². The summed E-state index contributed by atoms with van der Waals surface area (Å²) in [5.74, 6) is 0. The predicted octanol–water partition coefficient (Wildman–Crippen LogP) is 5.15. The number of nitrogens with zero attached hydrogens (tertiary/aromatic N) is 2. The molecule has 0 fully saturated rings. The average molecular weight is 288 g/mol. The van der Waals surface area contributed by atoms with Crippen LogP contribution in [0.4, 0.5) is 5.69 Å². The van der Waals surface area contributed by atoms with E-state index in [1.807, 2.05) is 12.3 Å². The minimum atomic E-state index is 1.02. The standard InChI is InChI=1S/C20H20N2/c1-15-9-10-20(16(2)11-15)21-13-18-12-17(3)22(14-18)19-7-5-4-6-8-19/h4-14H,1-3H3. The number of benzene rings is 2. The van der Waals surface area contributed by atoms with Crippen molar-refractivity contribution < 1.29 is 0 Å². The van der Waals surface area contributed by atoms with E-state index in [0.717, 1.165) is 11.3 Å². The predicted molar refractivity (Wildman–Crippen MR) is 93.7 cm³/mol. The highest BCUT2D eigenvalue weighted by atomic mass is 15.0. The molecule has 1 aromatic heterocycles. The molecule has 2 heteroatoms. The minimum Gasteiger partial charge on any atom is -0.321 e. The summed E-state index contributed by atoms with van der Waals surface area (Å²) in [7, 11) is 0. The van der Waals surface area contributed by atoms with Crippen molar-refractivity contribution in [1.82, 2.24) is 4.57 Å². The molecule has 22 heavy (non-hydrogen) atoms. The zero-order valence-corrected chi connectivity index (χ0v) is 13.2. The molecule has 2 aromatic carbocycles. The number of hydrogen-bond donors (Lipinski definition) is 0. The lowest BCUT2D eigenvalue weighted by molar-refractivity contribution is 1.02. The fourth-order valence-electron chi connectivity index (χ4n) is 2.63. The van der Waals surface area contributed by atoms with Gasteiger partial charge in [0, 0.05) is 29.4 Å². The number of aliphatic imine (C=N–C) groups is 1. The lowest BCUT2D eigenvalue weighted by Crippen LogP contribution is -1.93. The van der Waals surface area contributed by atoms with E-state index in [2.05, 4.69) is 85.1 Å². The van der Waals surface area contributed by atoms with Gasteiger partial charge in [0.05, 0.1) is 5.69 Å². The second-order valence-electron chi connectivity index (χ2n) is 5.67. The molecule has 0 aliphatic rings. The summed E-state index contributed by atoms with van der Waals surface area (Å²) in [6.07, 6.45) is 4.06. The van der Waals surface area contributed by atoms with Gasteiger partial charge in [0.15, 0.2) is 0 Å². The van der Waals surface area contributed by atoms with Crippen LogP contribution in [0.1, 0.15) is 22.4 Å². The van der Waals surface area contributed by atoms with Crippen molar-refractivity contribution in [3.05, 3.63) is 83.2 Å². The van der Waals surface area contributed by atoms with Gasteiger partial charge in [-0.2, -0.15) is 0 Å². The Bertz CT molecular complexity index is 811. The molecule has 0 bridgehead atoms. The van der Waals surface area contributed by atoms with Crippen molar-refractivity contribution >= 4 is 11.9 Å². The van der Waals surface area contributed by atoms with Crippen LogP contribution in [0.25, 0.3) is 5.69 Å². The first kappa shape index (κ1) is 14.3. The Labute approximate surface area is 131 Å². The third-order valence-corrected chi connectivity index (χ3v) is 3.77. The van der Waals surface area contributed by atoms with Crippen molar-refractivity contribution in [3.63, 3.8) is 0 Å². The van der Waals surface area contributed by atoms with E-state index >= 15 is 0 Å². The van der Waals surface area contributed by atoms with E-state index in [0.29, 0.717) is 0 Å². The lowest BCUT2D eigenvalue weighted by Gasteiger charge is -2.04. The van der Waals surface area contributed by atoms with E-state index in [1.54, 1.807) is 0 Å². The highest BCUT2D eigenvalue weighted by Gasteiger charge is 2.02. The summed E-state index contributed by atoms with van der Waals surface area (Å²) < 4.78 is 2.18. The van der Waals surface area contributed by atoms with Gasteiger partial charge in [-0.25, -0.2) is 0 Å². The number of hydrogen-bond acceptors (Lipinski definition) is 1. The van der Waals surface area contributed by atoms with Crippen LogP contribution in [0.5, 0.6) is 0 Å². The SMILES string of the molecule is Cc1ccc(N=Cc2cc(C)n(-c3ccccc3)c2)c(C)c1. The van der Waals surface area contributed by atoms with E-state index in [9.17, 15) is 0 Å². The molecule has 0 spiro atoms. The first-order valence-corrected chi connectivity index (χ1v) is 7.49. The molecule has 0 saturated carbocycles. The Hall–Kier alpha value is -2.61. The molecule has 0 aliphatic carbocycles. The fourth-order valence-corrected chi connectivity index (χ4v) is 2.63. The zero-order chi connectivity index (χ0) is 15.5. The molecule has 110 valence electrons. The Kier molecular flexibility index (Phi) is 3.92. The van der Waals surface area contributed by atoms with Gasteiger partial charge in [-0.1, -0.05) is 35.9 Å². The van der Waals surface area contributed by atoms with Crippen LogP contribution in [0.3, 0.4) is 0 Å². The zero-order valence-electron chi connectivity index (χ0n) is 13.2. The van der Waals surface area contributed by atoms with Crippen LogP contribution in [0.15, 0.2) is 65.8 Å². The van der Waals surface area contributed by atoms with Gasteiger partial charge in [0.25, 0.3) is 0 Å². The first-order chi connectivity index (χ1) is 10.6. The fraction of sp³-hybridized carbons (Fsp3) is 0.150. The van der Waals surface area contributed by atoms with Gasteiger partial charge in [0.2, 0.25) is 0 Å². The highest BCUT2D eigenvalue weighted by Crippen LogP contribution is 2.20. The van der Waals surface area contributed by atoms with Gasteiger partial charge in [-0.05, 0) is 50.6 Å². The smallest absolute Gasteiger partial charge is 0.0659 e. The first-order valence-electron chi connectivity index (χ1n) is 7.49. The van der Waals surface area contributed by atoms with E-state index in [-0.39, 0.29) is 0 Å². The molecule has 0 unspecified atom stereocenters. The maximum atomic E-state index is 4.63. The Morgan fingerprint density at radius 2 is 1.68 bits per heavy atom. The van der Waals surface area contributed by atoms with Gasteiger partial charge in [0.1, 0.15) is 0 Å². The number of para-hydroxylation sites is 1. The third kappa shape index (κ3) is 3.01. The second-order valence-corrected chi connectivity index (χ2v) is 5.67. The van der Waals surface area contributed by atoms with Gasteiger partial charge < -0.3 is 4.57 Å². The molecule has 1 heterocycles. The van der Waals surface area contributed by atoms with Crippen LogP contribution in [0, 0.1) is 20.8 Å². The monoisotopic (exact) mass is 288 g/mol. The summed E-state index contributed by atoms with van der Waals surface area (Å²) >= 11 is 0. The molecule has 0 amide bonds. The molecular weight excluding hydrogens is 268 g/mol. The minimum absolute atomic E-state index is 1.02. The van der Waals surface area contributed by atoms with Crippen LogP contribution >= 0.6 is 0 Å². The summed E-state index contributed by atoms with van der Waals surface area (Å²) in [5, 5.41) is 0. The molecule has 0 saturated heterocycles. The van der Waals surface area contributed by atoms with E-state index < -0.39 is 0 Å². The average Bonchev–Trinajstić information content (AvgIpc) is 2.88.